The van der Waals surface area contributed by atoms with Crippen molar-refractivity contribution in [3.8, 4) is 6.07 Å². The largest absolute Gasteiger partial charge is 0.384 e. The third-order valence-electron chi connectivity index (χ3n) is 7.31. The molecule has 8 heteroatoms. The number of nitrogens with zero attached hydrogens (tertiary/aromatic N) is 2. The number of nitrogens with two attached hydrogens (primary N) is 1. The molecule has 2 aliphatic rings. The van der Waals surface area contributed by atoms with Crippen LogP contribution in [0.2, 0.25) is 0 Å². The minimum atomic E-state index is -0.636. The standard InChI is InChI=1S/C31H26BrF2N3OS/c1-17-12-18(2)23(13-19(17)16-39-22-9-7-21(33)8-10-22)29-24(15-35)31(36)37(26-11-6-20(32)14-25(26)34)27-4-3-5-28(38)30(27)29/h6-14,29H,3-5,16,36H2,1-2H3. The molecule has 198 valence electrons. The van der Waals surface area contributed by atoms with E-state index in [-0.39, 0.29) is 28.7 Å². The van der Waals surface area contributed by atoms with E-state index in [9.17, 15) is 14.4 Å². The van der Waals surface area contributed by atoms with Crippen LogP contribution in [0.15, 0.2) is 86.6 Å². The second kappa shape index (κ2) is 11.0. The van der Waals surface area contributed by atoms with E-state index >= 15 is 4.39 Å². The Balaban J connectivity index is 1.63. The highest BCUT2D eigenvalue weighted by atomic mass is 79.9. The molecule has 0 aromatic heterocycles. The molecule has 4 nitrogen and oxygen atoms in total. The van der Waals surface area contributed by atoms with Crippen LogP contribution < -0.4 is 10.6 Å². The van der Waals surface area contributed by atoms with Crippen LogP contribution in [0.5, 0.6) is 0 Å². The molecule has 0 amide bonds. The monoisotopic (exact) mass is 605 g/mol. The third kappa shape index (κ3) is 5.13. The quantitative estimate of drug-likeness (QED) is 0.299. The van der Waals surface area contributed by atoms with Crippen LogP contribution in [0.1, 0.15) is 47.4 Å². The molecule has 1 atom stereocenters. The van der Waals surface area contributed by atoms with Gasteiger partial charge in [0.05, 0.1) is 23.2 Å². The molecule has 0 radical (unpaired) electrons. The lowest BCUT2D eigenvalue weighted by Crippen LogP contribution is -2.39. The third-order valence-corrected chi connectivity index (χ3v) is 8.86. The smallest absolute Gasteiger partial charge is 0.161 e. The molecule has 1 aliphatic carbocycles. The summed E-state index contributed by atoms with van der Waals surface area (Å²) in [6.45, 7) is 4.00. The van der Waals surface area contributed by atoms with Gasteiger partial charge in [0.1, 0.15) is 17.5 Å². The number of allylic oxidation sites excluding steroid dienone is 3. The lowest BCUT2D eigenvalue weighted by atomic mass is 9.74. The van der Waals surface area contributed by atoms with E-state index < -0.39 is 11.7 Å². The van der Waals surface area contributed by atoms with E-state index in [1.54, 1.807) is 40.9 Å². The number of carbonyl (C=O) groups is 1. The Kier molecular flexibility index (Phi) is 7.66. The first kappa shape index (κ1) is 27.2. The molecular formula is C31H26BrF2N3OS. The van der Waals surface area contributed by atoms with Gasteiger partial charge in [0, 0.05) is 32.8 Å². The van der Waals surface area contributed by atoms with Crippen molar-refractivity contribution < 1.29 is 13.6 Å². The molecular weight excluding hydrogens is 580 g/mol. The Labute approximate surface area is 239 Å². The van der Waals surface area contributed by atoms with E-state index in [1.807, 2.05) is 13.8 Å². The predicted molar refractivity (Wildman–Crippen MR) is 154 cm³/mol. The van der Waals surface area contributed by atoms with Crippen molar-refractivity contribution in [2.24, 2.45) is 5.73 Å². The van der Waals surface area contributed by atoms with E-state index in [2.05, 4.69) is 34.1 Å². The van der Waals surface area contributed by atoms with Crippen molar-refractivity contribution in [1.29, 1.82) is 5.26 Å². The van der Waals surface area contributed by atoms with Crippen molar-refractivity contribution in [1.82, 2.24) is 0 Å². The summed E-state index contributed by atoms with van der Waals surface area (Å²) in [5, 5.41) is 10.4. The van der Waals surface area contributed by atoms with Crippen molar-refractivity contribution >= 4 is 39.2 Å². The molecule has 2 N–H and O–H groups in total. The Morgan fingerprint density at radius 3 is 2.51 bits per heavy atom. The number of ketones is 1. The highest BCUT2D eigenvalue weighted by molar-refractivity contribution is 9.10. The van der Waals surface area contributed by atoms with Gasteiger partial charge in [0.25, 0.3) is 0 Å². The lowest BCUT2D eigenvalue weighted by Gasteiger charge is -2.40. The average Bonchev–Trinajstić information content (AvgIpc) is 2.90. The van der Waals surface area contributed by atoms with Crippen LogP contribution in [0.4, 0.5) is 14.5 Å². The van der Waals surface area contributed by atoms with E-state index in [4.69, 9.17) is 5.73 Å². The maximum Gasteiger partial charge on any atom is 0.161 e. The molecule has 1 heterocycles. The first-order chi connectivity index (χ1) is 18.7. The van der Waals surface area contributed by atoms with Gasteiger partial charge < -0.3 is 5.73 Å². The fourth-order valence-electron chi connectivity index (χ4n) is 5.41. The normalized spacial score (nSPS) is 17.4. The Hall–Kier alpha value is -3.41. The summed E-state index contributed by atoms with van der Waals surface area (Å²) in [5.41, 5.74) is 12.2. The summed E-state index contributed by atoms with van der Waals surface area (Å²) in [6.07, 6.45) is 1.54. The summed E-state index contributed by atoms with van der Waals surface area (Å²) in [5.74, 6) is -0.695. The van der Waals surface area contributed by atoms with Crippen LogP contribution in [0.25, 0.3) is 0 Å². The molecule has 1 aliphatic heterocycles. The van der Waals surface area contributed by atoms with Crippen LogP contribution in [0, 0.1) is 36.8 Å². The maximum absolute atomic E-state index is 15.2. The van der Waals surface area contributed by atoms with Crippen LogP contribution in [-0.4, -0.2) is 5.78 Å². The zero-order valence-corrected chi connectivity index (χ0v) is 23.9. The maximum atomic E-state index is 15.2. The number of hydrogen-bond acceptors (Lipinski definition) is 5. The number of rotatable bonds is 5. The fourth-order valence-corrected chi connectivity index (χ4v) is 6.70. The van der Waals surface area contributed by atoms with Gasteiger partial charge in [-0.05, 0) is 91.4 Å². The number of anilines is 1. The van der Waals surface area contributed by atoms with Crippen molar-refractivity contribution in [3.05, 3.63) is 116 Å². The molecule has 5 rings (SSSR count). The molecule has 1 unspecified atom stereocenters. The topological polar surface area (TPSA) is 70.1 Å². The highest BCUT2D eigenvalue weighted by Gasteiger charge is 2.41. The van der Waals surface area contributed by atoms with Gasteiger partial charge >= 0.3 is 0 Å². The van der Waals surface area contributed by atoms with E-state index in [1.165, 1.54) is 18.2 Å². The summed E-state index contributed by atoms with van der Waals surface area (Å²) in [6, 6.07) is 17.4. The van der Waals surface area contributed by atoms with Gasteiger partial charge in [-0.1, -0.05) is 28.1 Å². The number of nitriles is 1. The number of Topliss-reactive ketones (excluding diaryl/α,β-unsaturated/α-hetero) is 1. The highest BCUT2D eigenvalue weighted by Crippen LogP contribution is 2.48. The van der Waals surface area contributed by atoms with E-state index in [0.717, 1.165) is 27.1 Å². The van der Waals surface area contributed by atoms with Crippen molar-refractivity contribution in [2.45, 2.75) is 49.7 Å². The second-order valence-corrected chi connectivity index (χ2v) is 11.8. The van der Waals surface area contributed by atoms with Gasteiger partial charge in [0.2, 0.25) is 0 Å². The Bertz CT molecular complexity index is 1590. The SMILES string of the molecule is Cc1cc(C)c(C2C(C#N)=C(N)N(c3ccc(Br)cc3F)C3=C2C(=O)CCC3)cc1CSc1ccc(F)cc1. The molecule has 3 aromatic rings. The summed E-state index contributed by atoms with van der Waals surface area (Å²) >= 11 is 4.88. The first-order valence-electron chi connectivity index (χ1n) is 12.6. The summed E-state index contributed by atoms with van der Waals surface area (Å²) < 4.78 is 29.1. The molecule has 3 aromatic carbocycles. The number of carbonyl (C=O) groups excluding carboxylic acids is 1. The van der Waals surface area contributed by atoms with Crippen LogP contribution in [0.3, 0.4) is 0 Å². The number of thioether (sulfide) groups is 1. The molecule has 0 bridgehead atoms. The zero-order valence-electron chi connectivity index (χ0n) is 21.5. The van der Waals surface area contributed by atoms with Gasteiger partial charge in [-0.2, -0.15) is 5.26 Å². The molecule has 0 saturated heterocycles. The van der Waals surface area contributed by atoms with Gasteiger partial charge in [-0.3, -0.25) is 9.69 Å². The number of aryl methyl sites for hydroxylation is 2. The van der Waals surface area contributed by atoms with Crippen LogP contribution in [-0.2, 0) is 10.5 Å². The zero-order chi connectivity index (χ0) is 27.8. The molecule has 0 fully saturated rings. The van der Waals surface area contributed by atoms with Gasteiger partial charge in [-0.15, -0.1) is 11.8 Å². The van der Waals surface area contributed by atoms with Crippen LogP contribution >= 0.6 is 27.7 Å². The predicted octanol–water partition coefficient (Wildman–Crippen LogP) is 7.94. The van der Waals surface area contributed by atoms with Crippen molar-refractivity contribution in [3.63, 3.8) is 0 Å². The average molecular weight is 607 g/mol. The first-order valence-corrected chi connectivity index (χ1v) is 14.4. The lowest BCUT2D eigenvalue weighted by molar-refractivity contribution is -0.116. The molecule has 39 heavy (non-hydrogen) atoms. The summed E-state index contributed by atoms with van der Waals surface area (Å²) in [4.78, 5) is 16.0. The molecule has 0 saturated carbocycles. The number of hydrogen-bond donors (Lipinski definition) is 1. The van der Waals surface area contributed by atoms with Gasteiger partial charge in [0.15, 0.2) is 5.78 Å². The fraction of sp³-hybridized carbons (Fsp3) is 0.226. The van der Waals surface area contributed by atoms with Gasteiger partial charge in [-0.25, -0.2) is 8.78 Å². The number of benzene rings is 3. The Morgan fingerprint density at radius 2 is 1.82 bits per heavy atom. The number of halogens is 3. The van der Waals surface area contributed by atoms with E-state index in [0.29, 0.717) is 40.8 Å². The summed E-state index contributed by atoms with van der Waals surface area (Å²) in [7, 11) is 0. The minimum Gasteiger partial charge on any atom is -0.384 e. The second-order valence-electron chi connectivity index (χ2n) is 9.79. The molecule has 0 spiro atoms. The minimum absolute atomic E-state index is 0.0498. The Morgan fingerprint density at radius 1 is 1.08 bits per heavy atom. The van der Waals surface area contributed by atoms with Crippen molar-refractivity contribution in [2.75, 3.05) is 4.90 Å².